The van der Waals surface area contributed by atoms with Gasteiger partial charge in [0, 0.05) is 32.4 Å². The lowest BCUT2D eigenvalue weighted by Gasteiger charge is -2.14. The van der Waals surface area contributed by atoms with Gasteiger partial charge in [-0.1, -0.05) is 0 Å². The number of nitrogens with one attached hydrogen (secondary N) is 2. The summed E-state index contributed by atoms with van der Waals surface area (Å²) in [6.07, 6.45) is 3.18. The molecule has 1 unspecified atom stereocenters. The highest BCUT2D eigenvalue weighted by Gasteiger charge is 2.28. The Hall–Kier alpha value is -1.14. The van der Waals surface area contributed by atoms with Crippen molar-refractivity contribution in [3.8, 4) is 0 Å². The van der Waals surface area contributed by atoms with Crippen LogP contribution in [0.25, 0.3) is 0 Å². The van der Waals surface area contributed by atoms with Crippen molar-refractivity contribution in [3.63, 3.8) is 0 Å². The number of rotatable bonds is 6. The zero-order valence-electron chi connectivity index (χ0n) is 11.5. The molecule has 0 aliphatic carbocycles. The molecule has 0 aromatic rings. The Morgan fingerprint density at radius 3 is 2.60 bits per heavy atom. The number of hydrogen-bond donors (Lipinski definition) is 2. The molecule has 0 aromatic heterocycles. The molecule has 3 amide bonds. The van der Waals surface area contributed by atoms with Crippen molar-refractivity contribution in [1.82, 2.24) is 15.5 Å². The first-order valence-electron chi connectivity index (χ1n) is 6.97. The Morgan fingerprint density at radius 1 is 1.30 bits per heavy atom. The molecule has 2 aliphatic heterocycles. The van der Waals surface area contributed by atoms with E-state index in [2.05, 4.69) is 10.6 Å². The molecule has 20 heavy (non-hydrogen) atoms. The average molecular weight is 304 g/mol. The van der Waals surface area contributed by atoms with Crippen LogP contribution in [-0.4, -0.2) is 48.8 Å². The maximum Gasteiger partial charge on any atom is 0.229 e. The van der Waals surface area contributed by atoms with E-state index in [-0.39, 0.29) is 30.1 Å². The SMILES string of the molecule is Cl.O=C(CCC1CCNC1)NCCN1C(=O)CCC1=O. The number of imide groups is 1. The monoisotopic (exact) mass is 303 g/mol. The average Bonchev–Trinajstić information content (AvgIpc) is 3.00. The number of amides is 3. The predicted molar refractivity (Wildman–Crippen MR) is 76.4 cm³/mol. The Balaban J connectivity index is 0.00000200. The molecule has 7 heteroatoms. The lowest BCUT2D eigenvalue weighted by atomic mass is 10.0. The fourth-order valence-electron chi connectivity index (χ4n) is 2.56. The zero-order valence-corrected chi connectivity index (χ0v) is 12.3. The van der Waals surface area contributed by atoms with Gasteiger partial charge in [-0.25, -0.2) is 0 Å². The number of nitrogens with zero attached hydrogens (tertiary/aromatic N) is 1. The third-order valence-electron chi connectivity index (χ3n) is 3.75. The number of halogens is 1. The van der Waals surface area contributed by atoms with Crippen LogP contribution in [0.15, 0.2) is 0 Å². The fourth-order valence-corrected chi connectivity index (χ4v) is 2.56. The van der Waals surface area contributed by atoms with Crippen LogP contribution in [0.1, 0.15) is 32.1 Å². The molecular weight excluding hydrogens is 282 g/mol. The first-order chi connectivity index (χ1) is 9.16. The lowest BCUT2D eigenvalue weighted by molar-refractivity contribution is -0.138. The number of likely N-dealkylation sites (tertiary alicyclic amines) is 1. The molecule has 0 radical (unpaired) electrons. The molecule has 2 fully saturated rings. The molecule has 0 aromatic carbocycles. The van der Waals surface area contributed by atoms with Crippen LogP contribution in [0.2, 0.25) is 0 Å². The number of carbonyl (C=O) groups excluding carboxylic acids is 3. The van der Waals surface area contributed by atoms with E-state index in [4.69, 9.17) is 0 Å². The molecule has 1 atom stereocenters. The normalized spacial score (nSPS) is 22.0. The quantitative estimate of drug-likeness (QED) is 0.680. The van der Waals surface area contributed by atoms with Gasteiger partial charge in [0.15, 0.2) is 0 Å². The molecule has 2 heterocycles. The van der Waals surface area contributed by atoms with Crippen LogP contribution < -0.4 is 10.6 Å². The Labute approximate surface area is 125 Å². The van der Waals surface area contributed by atoms with E-state index in [9.17, 15) is 14.4 Å². The van der Waals surface area contributed by atoms with Crippen LogP contribution in [0.5, 0.6) is 0 Å². The topological polar surface area (TPSA) is 78.5 Å². The van der Waals surface area contributed by atoms with E-state index < -0.39 is 0 Å². The van der Waals surface area contributed by atoms with Crippen LogP contribution in [0.3, 0.4) is 0 Å². The Morgan fingerprint density at radius 2 is 2.00 bits per heavy atom. The third-order valence-corrected chi connectivity index (χ3v) is 3.75. The highest BCUT2D eigenvalue weighted by molar-refractivity contribution is 6.01. The highest BCUT2D eigenvalue weighted by atomic mass is 35.5. The minimum Gasteiger partial charge on any atom is -0.354 e. The number of carbonyl (C=O) groups is 3. The first-order valence-corrected chi connectivity index (χ1v) is 6.97. The van der Waals surface area contributed by atoms with Crippen molar-refractivity contribution in [2.24, 2.45) is 5.92 Å². The summed E-state index contributed by atoms with van der Waals surface area (Å²) < 4.78 is 0. The zero-order chi connectivity index (χ0) is 13.7. The maximum absolute atomic E-state index is 11.6. The lowest BCUT2D eigenvalue weighted by Crippen LogP contribution is -2.37. The molecule has 2 aliphatic rings. The maximum atomic E-state index is 11.6. The van der Waals surface area contributed by atoms with E-state index >= 15 is 0 Å². The van der Waals surface area contributed by atoms with Gasteiger partial charge in [0.05, 0.1) is 0 Å². The van der Waals surface area contributed by atoms with E-state index in [1.54, 1.807) is 0 Å². The van der Waals surface area contributed by atoms with E-state index in [1.807, 2.05) is 0 Å². The molecule has 0 bridgehead atoms. The van der Waals surface area contributed by atoms with Crippen LogP contribution in [0, 0.1) is 5.92 Å². The standard InChI is InChI=1S/C13H21N3O3.ClH/c17-11(2-1-10-5-6-14-9-10)15-7-8-16-12(18)3-4-13(16)19;/h10,14H,1-9H2,(H,15,17);1H. The summed E-state index contributed by atoms with van der Waals surface area (Å²) in [6, 6.07) is 0. The molecule has 114 valence electrons. The summed E-state index contributed by atoms with van der Waals surface area (Å²) >= 11 is 0. The van der Waals surface area contributed by atoms with Crippen LogP contribution in [-0.2, 0) is 14.4 Å². The molecule has 2 rings (SSSR count). The van der Waals surface area contributed by atoms with Gasteiger partial charge in [0.1, 0.15) is 0 Å². The summed E-state index contributed by atoms with van der Waals surface area (Å²) in [5, 5.41) is 6.04. The van der Waals surface area contributed by atoms with Gasteiger partial charge >= 0.3 is 0 Å². The van der Waals surface area contributed by atoms with Gasteiger partial charge < -0.3 is 10.6 Å². The largest absolute Gasteiger partial charge is 0.354 e. The van der Waals surface area contributed by atoms with Gasteiger partial charge in [-0.05, 0) is 31.8 Å². The Kier molecular flexibility index (Phi) is 6.95. The third kappa shape index (κ3) is 4.76. The highest BCUT2D eigenvalue weighted by Crippen LogP contribution is 2.14. The van der Waals surface area contributed by atoms with E-state index in [0.29, 0.717) is 38.3 Å². The van der Waals surface area contributed by atoms with Crippen molar-refractivity contribution >= 4 is 30.1 Å². The second-order valence-electron chi connectivity index (χ2n) is 5.19. The summed E-state index contributed by atoms with van der Waals surface area (Å²) in [5.41, 5.74) is 0. The minimum absolute atomic E-state index is 0. The van der Waals surface area contributed by atoms with Gasteiger partial charge in [-0.2, -0.15) is 0 Å². The summed E-state index contributed by atoms with van der Waals surface area (Å²) in [6.45, 7) is 2.71. The number of hydrogen-bond acceptors (Lipinski definition) is 4. The van der Waals surface area contributed by atoms with Crippen LogP contribution in [0.4, 0.5) is 0 Å². The van der Waals surface area contributed by atoms with Crippen molar-refractivity contribution in [3.05, 3.63) is 0 Å². The van der Waals surface area contributed by atoms with E-state index in [1.165, 1.54) is 4.90 Å². The Bertz CT molecular complexity index is 354. The smallest absolute Gasteiger partial charge is 0.229 e. The molecular formula is C13H22ClN3O3. The fraction of sp³-hybridized carbons (Fsp3) is 0.769. The van der Waals surface area contributed by atoms with Crippen molar-refractivity contribution in [2.45, 2.75) is 32.1 Å². The summed E-state index contributed by atoms with van der Waals surface area (Å²) in [7, 11) is 0. The molecule has 6 nitrogen and oxygen atoms in total. The van der Waals surface area contributed by atoms with Gasteiger partial charge in [-0.3, -0.25) is 19.3 Å². The molecule has 2 N–H and O–H groups in total. The van der Waals surface area contributed by atoms with E-state index in [0.717, 1.165) is 25.9 Å². The first kappa shape index (κ1) is 16.9. The molecule has 2 saturated heterocycles. The molecule has 0 spiro atoms. The predicted octanol–water partition coefficient (Wildman–Crippen LogP) is 0.0631. The second kappa shape index (κ2) is 8.21. The summed E-state index contributed by atoms with van der Waals surface area (Å²) in [5.74, 6) is 0.353. The second-order valence-corrected chi connectivity index (χ2v) is 5.19. The van der Waals surface area contributed by atoms with Crippen molar-refractivity contribution < 1.29 is 14.4 Å². The van der Waals surface area contributed by atoms with Gasteiger partial charge in [0.25, 0.3) is 0 Å². The van der Waals surface area contributed by atoms with Crippen LogP contribution >= 0.6 is 12.4 Å². The van der Waals surface area contributed by atoms with Gasteiger partial charge in [-0.15, -0.1) is 12.4 Å². The summed E-state index contributed by atoms with van der Waals surface area (Å²) in [4.78, 5) is 35.5. The van der Waals surface area contributed by atoms with Crippen molar-refractivity contribution in [1.29, 1.82) is 0 Å². The van der Waals surface area contributed by atoms with Crippen molar-refractivity contribution in [2.75, 3.05) is 26.2 Å². The minimum atomic E-state index is -0.128. The molecule has 0 saturated carbocycles. The van der Waals surface area contributed by atoms with Gasteiger partial charge in [0.2, 0.25) is 17.7 Å².